The van der Waals surface area contributed by atoms with E-state index in [1.807, 2.05) is 6.07 Å². The standard InChI is InChI=1S/C13H10N2O5S/c1-8-12(6-11(20-8)13(16)17)21(18,19)15-10-4-2-9(7-14)3-5-10/h2-6,15H,1H3,(H,16,17). The number of carbonyl (C=O) groups is 1. The number of sulfonamides is 1. The Morgan fingerprint density at radius 1 is 1.33 bits per heavy atom. The van der Waals surface area contributed by atoms with Crippen LogP contribution in [-0.2, 0) is 10.0 Å². The summed E-state index contributed by atoms with van der Waals surface area (Å²) in [5, 5.41) is 17.5. The number of furan rings is 1. The zero-order valence-electron chi connectivity index (χ0n) is 10.8. The highest BCUT2D eigenvalue weighted by Gasteiger charge is 2.23. The van der Waals surface area contributed by atoms with Crippen LogP contribution in [0, 0.1) is 18.3 Å². The van der Waals surface area contributed by atoms with Crippen molar-refractivity contribution in [2.45, 2.75) is 11.8 Å². The molecule has 0 unspecified atom stereocenters. The Hall–Kier alpha value is -2.79. The van der Waals surface area contributed by atoms with Crippen LogP contribution in [0.3, 0.4) is 0 Å². The van der Waals surface area contributed by atoms with Gasteiger partial charge in [0.15, 0.2) is 0 Å². The highest BCUT2D eigenvalue weighted by Crippen LogP contribution is 2.23. The second kappa shape index (κ2) is 5.30. The monoisotopic (exact) mass is 306 g/mol. The van der Waals surface area contributed by atoms with Crippen molar-refractivity contribution >= 4 is 21.7 Å². The van der Waals surface area contributed by atoms with Gasteiger partial charge < -0.3 is 9.52 Å². The van der Waals surface area contributed by atoms with Gasteiger partial charge in [-0.2, -0.15) is 5.26 Å². The number of hydrogen-bond acceptors (Lipinski definition) is 5. The smallest absolute Gasteiger partial charge is 0.371 e. The summed E-state index contributed by atoms with van der Waals surface area (Å²) in [6.07, 6.45) is 0. The number of aromatic carboxylic acids is 1. The largest absolute Gasteiger partial charge is 0.475 e. The number of aryl methyl sites for hydroxylation is 1. The lowest BCUT2D eigenvalue weighted by atomic mass is 10.2. The third kappa shape index (κ3) is 3.04. The Morgan fingerprint density at radius 3 is 2.43 bits per heavy atom. The average Bonchev–Trinajstić information content (AvgIpc) is 2.82. The third-order valence-corrected chi connectivity index (χ3v) is 4.13. The predicted molar refractivity (Wildman–Crippen MR) is 72.4 cm³/mol. The topological polar surface area (TPSA) is 120 Å². The van der Waals surface area contributed by atoms with Crippen LogP contribution < -0.4 is 4.72 Å². The minimum absolute atomic E-state index is 0.0199. The van der Waals surface area contributed by atoms with Gasteiger partial charge in [-0.1, -0.05) is 0 Å². The van der Waals surface area contributed by atoms with Gasteiger partial charge in [-0.05, 0) is 31.2 Å². The molecule has 21 heavy (non-hydrogen) atoms. The number of hydrogen-bond donors (Lipinski definition) is 2. The molecule has 0 aliphatic carbocycles. The summed E-state index contributed by atoms with van der Waals surface area (Å²) < 4.78 is 31.5. The zero-order valence-corrected chi connectivity index (χ0v) is 11.6. The van der Waals surface area contributed by atoms with Gasteiger partial charge in [-0.3, -0.25) is 4.72 Å². The summed E-state index contributed by atoms with van der Waals surface area (Å²) in [6.45, 7) is 1.36. The molecule has 1 aromatic heterocycles. The fourth-order valence-electron chi connectivity index (χ4n) is 1.66. The van der Waals surface area contributed by atoms with E-state index < -0.39 is 21.8 Å². The molecule has 0 aliphatic heterocycles. The van der Waals surface area contributed by atoms with E-state index in [0.29, 0.717) is 5.56 Å². The highest BCUT2D eigenvalue weighted by atomic mass is 32.2. The van der Waals surface area contributed by atoms with E-state index in [1.165, 1.54) is 31.2 Å². The van der Waals surface area contributed by atoms with Gasteiger partial charge in [-0.25, -0.2) is 13.2 Å². The molecule has 7 nitrogen and oxygen atoms in total. The molecule has 8 heteroatoms. The molecule has 2 aromatic rings. The second-order valence-electron chi connectivity index (χ2n) is 4.13. The van der Waals surface area contributed by atoms with E-state index in [9.17, 15) is 13.2 Å². The number of nitriles is 1. The summed E-state index contributed by atoms with van der Waals surface area (Å²) in [5.41, 5.74) is 0.650. The molecule has 0 saturated carbocycles. The molecule has 0 amide bonds. The Morgan fingerprint density at radius 2 is 1.95 bits per heavy atom. The molecule has 2 N–H and O–H groups in total. The maximum Gasteiger partial charge on any atom is 0.371 e. The molecular formula is C13H10N2O5S. The summed E-state index contributed by atoms with van der Waals surface area (Å²) in [7, 11) is -3.97. The first-order valence-electron chi connectivity index (χ1n) is 5.70. The quantitative estimate of drug-likeness (QED) is 0.890. The van der Waals surface area contributed by atoms with E-state index in [2.05, 4.69) is 4.72 Å². The third-order valence-electron chi connectivity index (χ3n) is 2.64. The first kappa shape index (κ1) is 14.6. The molecule has 0 radical (unpaired) electrons. The molecule has 0 saturated heterocycles. The first-order valence-corrected chi connectivity index (χ1v) is 7.18. The molecule has 108 valence electrons. The maximum absolute atomic E-state index is 12.2. The van der Waals surface area contributed by atoms with Gasteiger partial charge >= 0.3 is 5.97 Å². The fraction of sp³-hybridized carbons (Fsp3) is 0.0769. The summed E-state index contributed by atoms with van der Waals surface area (Å²) in [6, 6.07) is 8.65. The van der Waals surface area contributed by atoms with E-state index >= 15 is 0 Å². The predicted octanol–water partition coefficient (Wildman–Crippen LogP) is 1.96. The lowest BCUT2D eigenvalue weighted by molar-refractivity contribution is 0.0661. The second-order valence-corrected chi connectivity index (χ2v) is 5.78. The van der Waals surface area contributed by atoms with Crippen molar-refractivity contribution < 1.29 is 22.7 Å². The van der Waals surface area contributed by atoms with Crippen LogP contribution >= 0.6 is 0 Å². The van der Waals surface area contributed by atoms with Crippen LogP contribution in [0.4, 0.5) is 5.69 Å². The molecule has 0 bridgehead atoms. The number of anilines is 1. The van der Waals surface area contributed by atoms with Crippen LogP contribution in [0.5, 0.6) is 0 Å². The van der Waals surface area contributed by atoms with Gasteiger partial charge in [0.25, 0.3) is 10.0 Å². The number of nitrogens with one attached hydrogen (secondary N) is 1. The molecule has 2 rings (SSSR count). The molecule has 1 heterocycles. The maximum atomic E-state index is 12.2. The van der Waals surface area contributed by atoms with Gasteiger partial charge in [0.05, 0.1) is 11.6 Å². The number of carboxylic acids is 1. The zero-order chi connectivity index (χ0) is 15.6. The number of nitrogens with zero attached hydrogens (tertiary/aromatic N) is 1. The van der Waals surface area contributed by atoms with Crippen molar-refractivity contribution in [1.29, 1.82) is 5.26 Å². The van der Waals surface area contributed by atoms with Gasteiger partial charge in [0.1, 0.15) is 10.7 Å². The summed E-state index contributed by atoms with van der Waals surface area (Å²) >= 11 is 0. The number of benzene rings is 1. The fourth-order valence-corrected chi connectivity index (χ4v) is 2.90. The highest BCUT2D eigenvalue weighted by molar-refractivity contribution is 7.92. The van der Waals surface area contributed by atoms with Crippen molar-refractivity contribution in [2.24, 2.45) is 0 Å². The van der Waals surface area contributed by atoms with E-state index in [0.717, 1.165) is 6.07 Å². The van der Waals surface area contributed by atoms with Crippen LogP contribution in [0.25, 0.3) is 0 Å². The van der Waals surface area contributed by atoms with Crippen LogP contribution in [0.2, 0.25) is 0 Å². The first-order chi connectivity index (χ1) is 9.83. The van der Waals surface area contributed by atoms with Crippen molar-refractivity contribution in [3.63, 3.8) is 0 Å². The van der Waals surface area contributed by atoms with Gasteiger partial charge in [0, 0.05) is 11.8 Å². The molecule has 1 aromatic carbocycles. The molecule has 0 atom stereocenters. The Labute approximate surface area is 120 Å². The normalized spacial score (nSPS) is 10.9. The SMILES string of the molecule is Cc1oc(C(=O)O)cc1S(=O)(=O)Nc1ccc(C#N)cc1. The lowest BCUT2D eigenvalue weighted by Gasteiger charge is -2.06. The lowest BCUT2D eigenvalue weighted by Crippen LogP contribution is -2.13. The average molecular weight is 306 g/mol. The minimum Gasteiger partial charge on any atom is -0.475 e. The molecule has 0 spiro atoms. The summed E-state index contributed by atoms with van der Waals surface area (Å²) in [4.78, 5) is 10.5. The van der Waals surface area contributed by atoms with Gasteiger partial charge in [0.2, 0.25) is 5.76 Å². The molecule has 0 aliphatic rings. The Bertz CT molecular complexity index is 828. The van der Waals surface area contributed by atoms with Crippen molar-refractivity contribution in [2.75, 3.05) is 4.72 Å². The van der Waals surface area contributed by atoms with Gasteiger partial charge in [-0.15, -0.1) is 0 Å². The molecule has 0 fully saturated rings. The van der Waals surface area contributed by atoms with Crippen LogP contribution in [-0.4, -0.2) is 19.5 Å². The Balaban J connectivity index is 2.33. The minimum atomic E-state index is -3.97. The van der Waals surface area contributed by atoms with E-state index in [-0.39, 0.29) is 16.3 Å². The van der Waals surface area contributed by atoms with Crippen molar-refractivity contribution in [3.05, 3.63) is 47.4 Å². The Kier molecular flexibility index (Phi) is 3.69. The van der Waals surface area contributed by atoms with Crippen molar-refractivity contribution in [3.8, 4) is 6.07 Å². The van der Waals surface area contributed by atoms with Crippen LogP contribution in [0.15, 0.2) is 39.6 Å². The van der Waals surface area contributed by atoms with E-state index in [1.54, 1.807) is 0 Å². The number of carboxylic acid groups (broad SMARTS) is 1. The summed E-state index contributed by atoms with van der Waals surface area (Å²) in [5.74, 6) is -1.82. The number of rotatable bonds is 4. The van der Waals surface area contributed by atoms with Crippen LogP contribution in [0.1, 0.15) is 21.9 Å². The molecular weight excluding hydrogens is 296 g/mol. The van der Waals surface area contributed by atoms with E-state index in [4.69, 9.17) is 14.8 Å². The van der Waals surface area contributed by atoms with Crippen molar-refractivity contribution in [1.82, 2.24) is 0 Å².